The van der Waals surface area contributed by atoms with Crippen LogP contribution in [0, 0.1) is 5.82 Å². The highest BCUT2D eigenvalue weighted by Gasteiger charge is 2.30. The van der Waals surface area contributed by atoms with Crippen molar-refractivity contribution in [3.05, 3.63) is 63.4 Å². The number of hydrogen-bond acceptors (Lipinski definition) is 1. The van der Waals surface area contributed by atoms with Gasteiger partial charge >= 0.3 is 0 Å². The third-order valence-corrected chi connectivity index (χ3v) is 4.60. The van der Waals surface area contributed by atoms with Crippen molar-refractivity contribution in [1.82, 2.24) is 0 Å². The van der Waals surface area contributed by atoms with Crippen molar-refractivity contribution in [1.29, 1.82) is 0 Å². The topological polar surface area (TPSA) is 9.23 Å². The fraction of sp³-hybridized carbons (Fsp3) is 0.294. The first-order chi connectivity index (χ1) is 9.85. The van der Waals surface area contributed by atoms with Gasteiger partial charge in [-0.05, 0) is 43.2 Å². The molecule has 4 heteroatoms. The fourth-order valence-corrected chi connectivity index (χ4v) is 3.32. The molecule has 1 unspecified atom stereocenters. The molecule has 1 atom stereocenters. The number of rotatable bonds is 2. The highest BCUT2D eigenvalue weighted by atomic mass is 79.9. The molecule has 0 aliphatic carbocycles. The second kappa shape index (κ2) is 5.29. The monoisotopic (exact) mass is 368 g/mol. The summed E-state index contributed by atoms with van der Waals surface area (Å²) in [4.78, 5) is 0. The molecule has 1 nitrogen and oxygen atoms in total. The first kappa shape index (κ1) is 14.9. The van der Waals surface area contributed by atoms with E-state index in [0.717, 1.165) is 23.3 Å². The van der Waals surface area contributed by atoms with E-state index in [2.05, 4.69) is 29.8 Å². The Labute approximate surface area is 137 Å². The molecule has 0 amide bonds. The predicted octanol–water partition coefficient (Wildman–Crippen LogP) is 5.63. The molecule has 1 aliphatic rings. The molecule has 3 rings (SSSR count). The molecule has 0 aromatic heterocycles. The maximum atomic E-state index is 14.0. The number of alkyl halides is 1. The Morgan fingerprint density at radius 3 is 2.71 bits per heavy atom. The van der Waals surface area contributed by atoms with E-state index in [1.165, 1.54) is 6.07 Å². The van der Waals surface area contributed by atoms with E-state index in [0.29, 0.717) is 10.0 Å². The summed E-state index contributed by atoms with van der Waals surface area (Å²) in [7, 11) is 0. The van der Waals surface area contributed by atoms with Gasteiger partial charge in [-0.1, -0.05) is 34.1 Å². The van der Waals surface area contributed by atoms with Crippen molar-refractivity contribution in [3.63, 3.8) is 0 Å². The summed E-state index contributed by atoms with van der Waals surface area (Å²) >= 11 is 9.72. The summed E-state index contributed by atoms with van der Waals surface area (Å²) in [5.74, 6) is 0.588. The first-order valence-electron chi connectivity index (χ1n) is 6.76. The second-order valence-electron chi connectivity index (χ2n) is 5.93. The molecule has 0 N–H and O–H groups in total. The average molecular weight is 370 g/mol. The normalized spacial score (nSPS) is 17.2. The Morgan fingerprint density at radius 2 is 2.00 bits per heavy atom. The molecule has 2 aromatic rings. The largest absolute Gasteiger partial charge is 0.487 e. The molecule has 21 heavy (non-hydrogen) atoms. The molecule has 2 aromatic carbocycles. The van der Waals surface area contributed by atoms with Gasteiger partial charge < -0.3 is 4.74 Å². The van der Waals surface area contributed by atoms with Crippen LogP contribution in [0.3, 0.4) is 0 Å². The highest BCUT2D eigenvalue weighted by Crippen LogP contribution is 2.39. The van der Waals surface area contributed by atoms with Gasteiger partial charge in [0, 0.05) is 16.5 Å². The molecular formula is C17H15BrClFO. The first-order valence-corrected chi connectivity index (χ1v) is 7.99. The molecule has 1 aliphatic heterocycles. The van der Waals surface area contributed by atoms with Gasteiger partial charge in [0.1, 0.15) is 17.2 Å². The van der Waals surface area contributed by atoms with Crippen LogP contribution in [-0.4, -0.2) is 5.60 Å². The van der Waals surface area contributed by atoms with E-state index < -0.39 is 5.38 Å². The SMILES string of the molecule is CC1(C)Cc2cc(C(Cl)c3ccc(Br)cc3F)ccc2O1. The van der Waals surface area contributed by atoms with Crippen LogP contribution in [0.5, 0.6) is 5.75 Å². The highest BCUT2D eigenvalue weighted by molar-refractivity contribution is 9.10. The Morgan fingerprint density at radius 1 is 1.24 bits per heavy atom. The minimum Gasteiger partial charge on any atom is -0.487 e. The van der Waals surface area contributed by atoms with Crippen LogP contribution in [0.4, 0.5) is 4.39 Å². The zero-order valence-electron chi connectivity index (χ0n) is 11.8. The lowest BCUT2D eigenvalue weighted by atomic mass is 9.97. The number of halogens is 3. The summed E-state index contributed by atoms with van der Waals surface area (Å²) in [5, 5.41) is -0.507. The van der Waals surface area contributed by atoms with E-state index >= 15 is 0 Å². The van der Waals surface area contributed by atoms with E-state index in [-0.39, 0.29) is 11.4 Å². The molecular weight excluding hydrogens is 355 g/mol. The van der Waals surface area contributed by atoms with Gasteiger partial charge in [-0.15, -0.1) is 11.6 Å². The van der Waals surface area contributed by atoms with Gasteiger partial charge in [0.05, 0.1) is 5.38 Å². The summed E-state index contributed by atoms with van der Waals surface area (Å²) in [6.07, 6.45) is 0.836. The van der Waals surface area contributed by atoms with Gasteiger partial charge in [0.25, 0.3) is 0 Å². The molecule has 0 spiro atoms. The zero-order valence-corrected chi connectivity index (χ0v) is 14.1. The smallest absolute Gasteiger partial charge is 0.129 e. The van der Waals surface area contributed by atoms with Gasteiger partial charge in [-0.3, -0.25) is 0 Å². The van der Waals surface area contributed by atoms with Crippen molar-refractivity contribution in [2.75, 3.05) is 0 Å². The van der Waals surface area contributed by atoms with Crippen LogP contribution in [0.25, 0.3) is 0 Å². The standard InChI is InChI=1S/C17H15BrClFO/c1-17(2)9-11-7-10(3-6-15(11)21-17)16(19)13-5-4-12(18)8-14(13)20/h3-8,16H,9H2,1-2H3. The molecule has 0 fully saturated rings. The van der Waals surface area contributed by atoms with Gasteiger partial charge in [-0.25, -0.2) is 4.39 Å². The van der Waals surface area contributed by atoms with Crippen molar-refractivity contribution in [2.24, 2.45) is 0 Å². The molecule has 0 radical (unpaired) electrons. The molecule has 0 saturated carbocycles. The Hall–Kier alpha value is -1.06. The van der Waals surface area contributed by atoms with Crippen molar-refractivity contribution in [2.45, 2.75) is 31.2 Å². The molecule has 1 heterocycles. The van der Waals surface area contributed by atoms with Crippen LogP contribution in [0.1, 0.15) is 35.9 Å². The lowest BCUT2D eigenvalue weighted by Gasteiger charge is -2.16. The Kier molecular flexibility index (Phi) is 3.74. The van der Waals surface area contributed by atoms with E-state index in [1.54, 1.807) is 12.1 Å². The van der Waals surface area contributed by atoms with Crippen LogP contribution >= 0.6 is 27.5 Å². The van der Waals surface area contributed by atoms with Crippen molar-refractivity contribution in [3.8, 4) is 5.75 Å². The summed E-state index contributed by atoms with van der Waals surface area (Å²) in [6, 6.07) is 10.8. The second-order valence-corrected chi connectivity index (χ2v) is 7.29. The number of fused-ring (bicyclic) bond motifs is 1. The number of hydrogen-bond donors (Lipinski definition) is 0. The summed E-state index contributed by atoms with van der Waals surface area (Å²) < 4.78 is 20.6. The lowest BCUT2D eigenvalue weighted by molar-refractivity contribution is 0.138. The van der Waals surface area contributed by atoms with Crippen LogP contribution in [0.2, 0.25) is 0 Å². The van der Waals surface area contributed by atoms with Crippen molar-refractivity contribution >= 4 is 27.5 Å². The maximum absolute atomic E-state index is 14.0. The average Bonchev–Trinajstić information content (AvgIpc) is 2.70. The zero-order chi connectivity index (χ0) is 15.2. The maximum Gasteiger partial charge on any atom is 0.129 e. The minimum absolute atomic E-state index is 0.189. The van der Waals surface area contributed by atoms with Gasteiger partial charge in [0.15, 0.2) is 0 Å². The van der Waals surface area contributed by atoms with Gasteiger partial charge in [-0.2, -0.15) is 0 Å². The molecule has 110 valence electrons. The lowest BCUT2D eigenvalue weighted by Crippen LogP contribution is -2.24. The van der Waals surface area contributed by atoms with E-state index in [9.17, 15) is 4.39 Å². The van der Waals surface area contributed by atoms with Gasteiger partial charge in [0.2, 0.25) is 0 Å². The Balaban J connectivity index is 1.95. The minimum atomic E-state index is -0.507. The fourth-order valence-electron chi connectivity index (χ4n) is 2.67. The summed E-state index contributed by atoms with van der Waals surface area (Å²) in [5.41, 5.74) is 2.31. The van der Waals surface area contributed by atoms with Crippen LogP contribution in [0.15, 0.2) is 40.9 Å². The van der Waals surface area contributed by atoms with E-state index in [4.69, 9.17) is 16.3 Å². The third-order valence-electron chi connectivity index (χ3n) is 3.62. The van der Waals surface area contributed by atoms with Crippen molar-refractivity contribution < 1.29 is 9.13 Å². The summed E-state index contributed by atoms with van der Waals surface area (Å²) in [6.45, 7) is 4.11. The number of ether oxygens (including phenoxy) is 1. The predicted molar refractivity (Wildman–Crippen MR) is 86.6 cm³/mol. The van der Waals surface area contributed by atoms with E-state index in [1.807, 2.05) is 18.2 Å². The van der Waals surface area contributed by atoms with Crippen LogP contribution in [-0.2, 0) is 6.42 Å². The molecule has 0 bridgehead atoms. The Bertz CT molecular complexity index is 699. The quantitative estimate of drug-likeness (QED) is 0.623. The van der Waals surface area contributed by atoms with Crippen LogP contribution < -0.4 is 4.74 Å². The number of benzene rings is 2. The third kappa shape index (κ3) is 2.95. The molecule has 0 saturated heterocycles.